The second-order valence-corrected chi connectivity index (χ2v) is 4.27. The number of halogens is 1. The maximum Gasteiger partial charge on any atom is 0.256 e. The first-order valence-electron chi connectivity index (χ1n) is 5.59. The molecule has 1 aromatic rings. The number of methoxy groups -OCH3 is 2. The van der Waals surface area contributed by atoms with Crippen LogP contribution < -0.4 is 10.1 Å². The Bertz CT molecular complexity index is 387. The number of aromatic nitrogens is 1. The van der Waals surface area contributed by atoms with E-state index in [0.717, 1.165) is 0 Å². The van der Waals surface area contributed by atoms with Gasteiger partial charge in [0.05, 0.1) is 19.1 Å². The summed E-state index contributed by atoms with van der Waals surface area (Å²) in [5.74, 6) is 0.0931. The molecule has 0 bridgehead atoms. The molecule has 0 radical (unpaired) electrons. The Hall–Kier alpha value is -1.33. The predicted molar refractivity (Wildman–Crippen MR) is 69.3 cm³/mol. The van der Waals surface area contributed by atoms with Crippen molar-refractivity contribution in [1.82, 2.24) is 10.3 Å². The molecule has 0 spiro atoms. The fourth-order valence-electron chi connectivity index (χ4n) is 1.43. The highest BCUT2D eigenvalue weighted by atomic mass is 35.5. The van der Waals surface area contributed by atoms with E-state index in [1.165, 1.54) is 7.11 Å². The van der Waals surface area contributed by atoms with Crippen LogP contribution in [0.15, 0.2) is 18.3 Å². The number of carbonyl (C=O) groups is 1. The molecule has 0 aromatic carbocycles. The molecule has 100 valence electrons. The highest BCUT2D eigenvalue weighted by molar-refractivity contribution is 6.20. The quantitative estimate of drug-likeness (QED) is 0.764. The summed E-state index contributed by atoms with van der Waals surface area (Å²) in [5.41, 5.74) is 0.415. The monoisotopic (exact) mass is 272 g/mol. The smallest absolute Gasteiger partial charge is 0.256 e. The van der Waals surface area contributed by atoms with Crippen molar-refractivity contribution < 1.29 is 14.3 Å². The van der Waals surface area contributed by atoms with Gasteiger partial charge >= 0.3 is 0 Å². The lowest BCUT2D eigenvalue weighted by atomic mass is 10.2. The predicted octanol–water partition coefficient (Wildman–Crippen LogP) is 1.46. The van der Waals surface area contributed by atoms with E-state index in [1.54, 1.807) is 25.4 Å². The first kappa shape index (κ1) is 14.7. The minimum absolute atomic E-state index is 0.105. The van der Waals surface area contributed by atoms with Gasteiger partial charge in [-0.15, -0.1) is 11.6 Å². The zero-order valence-corrected chi connectivity index (χ0v) is 11.2. The molecular formula is C12H17ClN2O3. The molecule has 0 fully saturated rings. The number of hydrogen-bond acceptors (Lipinski definition) is 4. The van der Waals surface area contributed by atoms with Crippen LogP contribution in [-0.2, 0) is 4.74 Å². The van der Waals surface area contributed by atoms with Gasteiger partial charge in [0.15, 0.2) is 0 Å². The second kappa shape index (κ2) is 7.89. The Morgan fingerprint density at radius 2 is 2.33 bits per heavy atom. The van der Waals surface area contributed by atoms with E-state index in [9.17, 15) is 4.79 Å². The minimum atomic E-state index is -0.221. The van der Waals surface area contributed by atoms with Gasteiger partial charge in [-0.2, -0.15) is 0 Å². The summed E-state index contributed by atoms with van der Waals surface area (Å²) in [7, 11) is 3.07. The third-order valence-electron chi connectivity index (χ3n) is 2.30. The second-order valence-electron chi connectivity index (χ2n) is 3.66. The molecule has 1 rings (SSSR count). The molecule has 1 unspecified atom stereocenters. The maximum atomic E-state index is 11.9. The largest absolute Gasteiger partial charge is 0.480 e. The molecule has 18 heavy (non-hydrogen) atoms. The summed E-state index contributed by atoms with van der Waals surface area (Å²) >= 11 is 5.96. The summed E-state index contributed by atoms with van der Waals surface area (Å²) in [6, 6.07) is 3.35. The van der Waals surface area contributed by atoms with Crippen LogP contribution >= 0.6 is 11.6 Å². The van der Waals surface area contributed by atoms with Gasteiger partial charge in [0.1, 0.15) is 5.56 Å². The summed E-state index contributed by atoms with van der Waals surface area (Å²) in [6.07, 6.45) is 2.21. The van der Waals surface area contributed by atoms with Crippen molar-refractivity contribution in [2.75, 3.05) is 27.4 Å². The number of amides is 1. The maximum absolute atomic E-state index is 11.9. The fraction of sp³-hybridized carbons (Fsp3) is 0.500. The van der Waals surface area contributed by atoms with Crippen LogP contribution in [0.25, 0.3) is 0 Å². The van der Waals surface area contributed by atoms with Crippen molar-refractivity contribution in [2.24, 2.45) is 0 Å². The standard InChI is InChI=1S/C12H17ClN2O3/c1-17-8-9(13)5-7-14-11(16)10-4-3-6-15-12(10)18-2/h3-4,6,9H,5,7-8H2,1-2H3,(H,14,16). The molecule has 1 heterocycles. The molecule has 0 aliphatic rings. The zero-order valence-electron chi connectivity index (χ0n) is 10.5. The van der Waals surface area contributed by atoms with Crippen molar-refractivity contribution in [3.8, 4) is 5.88 Å². The molecule has 1 N–H and O–H groups in total. The van der Waals surface area contributed by atoms with Crippen LogP contribution in [0.2, 0.25) is 0 Å². The lowest BCUT2D eigenvalue weighted by Crippen LogP contribution is -2.27. The van der Waals surface area contributed by atoms with Crippen LogP contribution in [-0.4, -0.2) is 43.6 Å². The zero-order chi connectivity index (χ0) is 13.4. The van der Waals surface area contributed by atoms with Crippen molar-refractivity contribution in [1.29, 1.82) is 0 Å². The van der Waals surface area contributed by atoms with Gasteiger partial charge in [-0.3, -0.25) is 4.79 Å². The van der Waals surface area contributed by atoms with Crippen LogP contribution in [0.5, 0.6) is 5.88 Å². The first-order valence-corrected chi connectivity index (χ1v) is 6.03. The highest BCUT2D eigenvalue weighted by Crippen LogP contribution is 2.13. The van der Waals surface area contributed by atoms with Gasteiger partial charge in [0.25, 0.3) is 5.91 Å². The van der Waals surface area contributed by atoms with Gasteiger partial charge in [-0.05, 0) is 18.6 Å². The fourth-order valence-corrected chi connectivity index (χ4v) is 1.66. The number of rotatable bonds is 7. The molecule has 5 nitrogen and oxygen atoms in total. The number of nitrogens with one attached hydrogen (secondary N) is 1. The van der Waals surface area contributed by atoms with E-state index in [4.69, 9.17) is 21.1 Å². The molecule has 0 saturated heterocycles. The number of alkyl halides is 1. The molecular weight excluding hydrogens is 256 g/mol. The van der Waals surface area contributed by atoms with Crippen molar-refractivity contribution in [2.45, 2.75) is 11.8 Å². The van der Waals surface area contributed by atoms with Gasteiger partial charge in [-0.1, -0.05) is 0 Å². The van der Waals surface area contributed by atoms with Gasteiger partial charge < -0.3 is 14.8 Å². The molecule has 0 aliphatic carbocycles. The Morgan fingerprint density at radius 1 is 1.56 bits per heavy atom. The van der Waals surface area contributed by atoms with E-state index < -0.39 is 0 Å². The Kier molecular flexibility index (Phi) is 6.46. The van der Waals surface area contributed by atoms with E-state index >= 15 is 0 Å². The summed E-state index contributed by atoms with van der Waals surface area (Å²) in [6.45, 7) is 0.946. The molecule has 0 aliphatic heterocycles. The van der Waals surface area contributed by atoms with Crippen molar-refractivity contribution in [3.63, 3.8) is 0 Å². The number of nitrogens with zero attached hydrogens (tertiary/aromatic N) is 1. The number of ether oxygens (including phenoxy) is 2. The third-order valence-corrected chi connectivity index (χ3v) is 2.64. The lowest BCUT2D eigenvalue weighted by molar-refractivity contribution is 0.0948. The van der Waals surface area contributed by atoms with E-state index in [1.807, 2.05) is 0 Å². The van der Waals surface area contributed by atoms with E-state index in [-0.39, 0.29) is 11.3 Å². The van der Waals surface area contributed by atoms with Crippen LogP contribution in [0.4, 0.5) is 0 Å². The summed E-state index contributed by atoms with van der Waals surface area (Å²) in [4.78, 5) is 15.8. The van der Waals surface area contributed by atoms with Gasteiger partial charge in [0, 0.05) is 19.9 Å². The van der Waals surface area contributed by atoms with Crippen LogP contribution in [0, 0.1) is 0 Å². The SMILES string of the molecule is COCC(Cl)CCNC(=O)c1cccnc1OC. The number of carbonyl (C=O) groups excluding carboxylic acids is 1. The molecule has 1 aromatic heterocycles. The highest BCUT2D eigenvalue weighted by Gasteiger charge is 2.12. The third kappa shape index (κ3) is 4.50. The minimum Gasteiger partial charge on any atom is -0.480 e. The summed E-state index contributed by atoms with van der Waals surface area (Å²) in [5, 5.41) is 2.66. The van der Waals surface area contributed by atoms with Crippen molar-refractivity contribution in [3.05, 3.63) is 23.9 Å². The van der Waals surface area contributed by atoms with E-state index in [0.29, 0.717) is 31.0 Å². The Labute approximate surface area is 111 Å². The topological polar surface area (TPSA) is 60.5 Å². The van der Waals surface area contributed by atoms with Crippen molar-refractivity contribution >= 4 is 17.5 Å². The molecule has 6 heteroatoms. The number of hydrogen-bond donors (Lipinski definition) is 1. The van der Waals surface area contributed by atoms with E-state index in [2.05, 4.69) is 10.3 Å². The molecule has 0 saturated carbocycles. The lowest BCUT2D eigenvalue weighted by Gasteiger charge is -2.10. The van der Waals surface area contributed by atoms with Crippen LogP contribution in [0.1, 0.15) is 16.8 Å². The Balaban J connectivity index is 2.45. The molecule has 1 amide bonds. The number of pyridine rings is 1. The normalized spacial score (nSPS) is 11.9. The van der Waals surface area contributed by atoms with Gasteiger partial charge in [0.2, 0.25) is 5.88 Å². The van der Waals surface area contributed by atoms with Crippen LogP contribution in [0.3, 0.4) is 0 Å². The molecule has 1 atom stereocenters. The average molecular weight is 273 g/mol. The summed E-state index contributed by atoms with van der Waals surface area (Å²) < 4.78 is 9.92. The van der Waals surface area contributed by atoms with Gasteiger partial charge in [-0.25, -0.2) is 4.98 Å². The Morgan fingerprint density at radius 3 is 3.00 bits per heavy atom. The first-order chi connectivity index (χ1) is 8.69. The average Bonchev–Trinajstić information content (AvgIpc) is 2.38.